The van der Waals surface area contributed by atoms with Gasteiger partial charge in [-0.15, -0.1) is 0 Å². The summed E-state index contributed by atoms with van der Waals surface area (Å²) in [4.78, 5) is 13.9. The van der Waals surface area contributed by atoms with Gasteiger partial charge in [0, 0.05) is 19.3 Å². The van der Waals surface area contributed by atoms with Gasteiger partial charge in [-0.3, -0.25) is 4.79 Å². The molecule has 4 nitrogen and oxygen atoms in total. The van der Waals surface area contributed by atoms with Crippen molar-refractivity contribution in [2.45, 2.75) is 25.3 Å². The van der Waals surface area contributed by atoms with E-state index in [0.29, 0.717) is 5.92 Å². The summed E-state index contributed by atoms with van der Waals surface area (Å²) in [5, 5.41) is 3.34. The summed E-state index contributed by atoms with van der Waals surface area (Å²) in [6, 6.07) is 10.2. The number of esters is 1. The zero-order chi connectivity index (χ0) is 14.4. The smallest absolute Gasteiger partial charge is 0.323 e. The topological polar surface area (TPSA) is 41.6 Å². The lowest BCUT2D eigenvalue weighted by Gasteiger charge is -2.20. The van der Waals surface area contributed by atoms with Crippen LogP contribution in [0.3, 0.4) is 0 Å². The predicted octanol–water partition coefficient (Wildman–Crippen LogP) is 2.05. The number of anilines is 1. The maximum Gasteiger partial charge on any atom is 0.323 e. The van der Waals surface area contributed by atoms with Crippen molar-refractivity contribution >= 4 is 11.7 Å². The van der Waals surface area contributed by atoms with Crippen molar-refractivity contribution in [3.8, 4) is 0 Å². The number of para-hydroxylation sites is 1. The van der Waals surface area contributed by atoms with Crippen molar-refractivity contribution in [1.29, 1.82) is 0 Å². The second-order valence-corrected chi connectivity index (χ2v) is 5.40. The van der Waals surface area contributed by atoms with Gasteiger partial charge < -0.3 is 15.0 Å². The van der Waals surface area contributed by atoms with Gasteiger partial charge in [0.2, 0.25) is 0 Å². The third kappa shape index (κ3) is 4.23. The van der Waals surface area contributed by atoms with Crippen LogP contribution in [-0.4, -0.2) is 39.3 Å². The number of methoxy groups -OCH3 is 1. The van der Waals surface area contributed by atoms with Gasteiger partial charge in [-0.25, -0.2) is 0 Å². The average molecular weight is 276 g/mol. The Kier molecular flexibility index (Phi) is 5.41. The Hall–Kier alpha value is -1.55. The fraction of sp³-hybridized carbons (Fsp3) is 0.562. The molecule has 0 saturated heterocycles. The van der Waals surface area contributed by atoms with Crippen molar-refractivity contribution in [1.82, 2.24) is 5.32 Å². The normalized spacial score (nSPS) is 15.7. The number of hydrogen-bond donors (Lipinski definition) is 1. The molecule has 1 saturated carbocycles. The fourth-order valence-electron chi connectivity index (χ4n) is 2.38. The molecular formula is C16H24N2O2. The van der Waals surface area contributed by atoms with E-state index in [0.717, 1.165) is 32.4 Å². The number of nitrogens with zero attached hydrogens (tertiary/aromatic N) is 1. The van der Waals surface area contributed by atoms with Gasteiger partial charge in [0.05, 0.1) is 7.11 Å². The van der Waals surface area contributed by atoms with Gasteiger partial charge in [0.15, 0.2) is 0 Å². The zero-order valence-corrected chi connectivity index (χ0v) is 12.3. The lowest BCUT2D eigenvalue weighted by molar-refractivity contribution is -0.143. The molecule has 0 aliphatic heterocycles. The summed E-state index contributed by atoms with van der Waals surface area (Å²) in [5.41, 5.74) is 1.22. The summed E-state index contributed by atoms with van der Waals surface area (Å²) in [5.74, 6) is 0.359. The second-order valence-electron chi connectivity index (χ2n) is 5.40. The first-order valence-electron chi connectivity index (χ1n) is 7.29. The van der Waals surface area contributed by atoms with E-state index < -0.39 is 0 Å². The highest BCUT2D eigenvalue weighted by molar-refractivity contribution is 5.76. The lowest BCUT2D eigenvalue weighted by Crippen LogP contribution is -2.40. The highest BCUT2D eigenvalue weighted by Gasteiger charge is 2.36. The number of nitrogens with one attached hydrogen (secondary N) is 1. The van der Waals surface area contributed by atoms with Gasteiger partial charge >= 0.3 is 5.97 Å². The minimum absolute atomic E-state index is 0.109. The largest absolute Gasteiger partial charge is 0.468 e. The second kappa shape index (κ2) is 7.29. The highest BCUT2D eigenvalue weighted by Crippen LogP contribution is 2.33. The standard InChI is InChI=1S/C16H24N2O2/c1-18(14-7-4-3-5-8-14)12-6-11-17-15(13-9-10-13)16(19)20-2/h3-5,7-8,13,15,17H,6,9-12H2,1-2H3. The Morgan fingerprint density at radius 1 is 1.40 bits per heavy atom. The summed E-state index contributed by atoms with van der Waals surface area (Å²) >= 11 is 0. The molecule has 1 aromatic carbocycles. The van der Waals surface area contributed by atoms with Crippen LogP contribution in [0.2, 0.25) is 0 Å². The maximum atomic E-state index is 11.6. The number of carbonyl (C=O) groups is 1. The first-order chi connectivity index (χ1) is 9.72. The molecule has 4 heteroatoms. The van der Waals surface area contributed by atoms with E-state index in [1.807, 2.05) is 18.2 Å². The van der Waals surface area contributed by atoms with Crippen LogP contribution in [-0.2, 0) is 9.53 Å². The Morgan fingerprint density at radius 2 is 2.10 bits per heavy atom. The van der Waals surface area contributed by atoms with Gasteiger partial charge in [0.25, 0.3) is 0 Å². The average Bonchev–Trinajstić information content (AvgIpc) is 3.32. The van der Waals surface area contributed by atoms with E-state index in [-0.39, 0.29) is 12.0 Å². The summed E-state index contributed by atoms with van der Waals surface area (Å²) in [6.45, 7) is 1.81. The molecule has 1 unspecified atom stereocenters. The van der Waals surface area contributed by atoms with Crippen molar-refractivity contribution in [2.75, 3.05) is 32.1 Å². The van der Waals surface area contributed by atoms with Gasteiger partial charge in [-0.05, 0) is 43.9 Å². The van der Waals surface area contributed by atoms with Crippen LogP contribution in [0.15, 0.2) is 30.3 Å². The number of benzene rings is 1. The number of carbonyl (C=O) groups excluding carboxylic acids is 1. The van der Waals surface area contributed by atoms with E-state index in [1.54, 1.807) is 0 Å². The van der Waals surface area contributed by atoms with E-state index in [4.69, 9.17) is 4.74 Å². The molecule has 0 radical (unpaired) electrons. The van der Waals surface area contributed by atoms with Crippen molar-refractivity contribution in [3.05, 3.63) is 30.3 Å². The molecular weight excluding hydrogens is 252 g/mol. The highest BCUT2D eigenvalue weighted by atomic mass is 16.5. The first-order valence-corrected chi connectivity index (χ1v) is 7.29. The maximum absolute atomic E-state index is 11.6. The quantitative estimate of drug-likeness (QED) is 0.583. The predicted molar refractivity (Wildman–Crippen MR) is 80.9 cm³/mol. The molecule has 1 N–H and O–H groups in total. The van der Waals surface area contributed by atoms with E-state index >= 15 is 0 Å². The van der Waals surface area contributed by atoms with Crippen LogP contribution >= 0.6 is 0 Å². The molecule has 1 aliphatic carbocycles. The van der Waals surface area contributed by atoms with Crippen LogP contribution in [0, 0.1) is 5.92 Å². The van der Waals surface area contributed by atoms with Crippen LogP contribution in [0.4, 0.5) is 5.69 Å². The van der Waals surface area contributed by atoms with Crippen LogP contribution in [0.1, 0.15) is 19.3 Å². The molecule has 1 atom stereocenters. The van der Waals surface area contributed by atoms with Crippen molar-refractivity contribution < 1.29 is 9.53 Å². The van der Waals surface area contributed by atoms with E-state index in [1.165, 1.54) is 12.8 Å². The first kappa shape index (κ1) is 14.9. The Balaban J connectivity index is 1.69. The molecule has 1 aromatic rings. The molecule has 110 valence electrons. The Bertz CT molecular complexity index is 418. The molecule has 0 aromatic heterocycles. The van der Waals surface area contributed by atoms with Gasteiger partial charge in [0.1, 0.15) is 6.04 Å². The minimum atomic E-state index is -0.121. The molecule has 2 rings (SSSR count). The molecule has 20 heavy (non-hydrogen) atoms. The zero-order valence-electron chi connectivity index (χ0n) is 12.3. The lowest BCUT2D eigenvalue weighted by atomic mass is 10.2. The molecule has 1 fully saturated rings. The molecule has 0 amide bonds. The third-order valence-electron chi connectivity index (χ3n) is 3.78. The van der Waals surface area contributed by atoms with Crippen molar-refractivity contribution in [2.24, 2.45) is 5.92 Å². The van der Waals surface area contributed by atoms with Crippen LogP contribution in [0.5, 0.6) is 0 Å². The number of rotatable bonds is 8. The van der Waals surface area contributed by atoms with Crippen LogP contribution in [0.25, 0.3) is 0 Å². The minimum Gasteiger partial charge on any atom is -0.468 e. The molecule has 0 spiro atoms. The Morgan fingerprint density at radius 3 is 2.70 bits per heavy atom. The monoisotopic (exact) mass is 276 g/mol. The molecule has 0 bridgehead atoms. The van der Waals surface area contributed by atoms with Crippen molar-refractivity contribution in [3.63, 3.8) is 0 Å². The fourth-order valence-corrected chi connectivity index (χ4v) is 2.38. The third-order valence-corrected chi connectivity index (χ3v) is 3.78. The van der Waals surface area contributed by atoms with Crippen LogP contribution < -0.4 is 10.2 Å². The van der Waals surface area contributed by atoms with Gasteiger partial charge in [-0.1, -0.05) is 18.2 Å². The SMILES string of the molecule is COC(=O)C(NCCCN(C)c1ccccc1)C1CC1. The number of hydrogen-bond acceptors (Lipinski definition) is 4. The van der Waals surface area contributed by atoms with E-state index in [9.17, 15) is 4.79 Å². The number of ether oxygens (including phenoxy) is 1. The Labute approximate surface area is 121 Å². The van der Waals surface area contributed by atoms with Gasteiger partial charge in [-0.2, -0.15) is 0 Å². The molecule has 1 aliphatic rings. The molecule has 0 heterocycles. The summed E-state index contributed by atoms with van der Waals surface area (Å²) in [6.07, 6.45) is 3.28. The summed E-state index contributed by atoms with van der Waals surface area (Å²) in [7, 11) is 3.55. The van der Waals surface area contributed by atoms with E-state index in [2.05, 4.69) is 29.4 Å². The summed E-state index contributed by atoms with van der Waals surface area (Å²) < 4.78 is 4.85.